The number of nitrogens with zero attached hydrogens (tertiary/aromatic N) is 2. The molecule has 1 rings (SSSR count). The Morgan fingerprint density at radius 2 is 1.95 bits per heavy atom. The maximum Gasteiger partial charge on any atom is 0.326 e. The Morgan fingerprint density at radius 3 is 2.43 bits per heavy atom. The Kier molecular flexibility index (Phi) is 6.01. The van der Waals surface area contributed by atoms with E-state index in [0.717, 1.165) is 25.9 Å². The summed E-state index contributed by atoms with van der Waals surface area (Å²) in [6.45, 7) is 9.98. The van der Waals surface area contributed by atoms with Crippen molar-refractivity contribution >= 4 is 12.0 Å². The molecule has 0 spiro atoms. The van der Waals surface area contributed by atoms with Gasteiger partial charge in [-0.1, -0.05) is 27.7 Å². The molecule has 21 heavy (non-hydrogen) atoms. The van der Waals surface area contributed by atoms with E-state index in [1.54, 1.807) is 4.90 Å². The van der Waals surface area contributed by atoms with Crippen LogP contribution in [-0.4, -0.2) is 65.7 Å². The van der Waals surface area contributed by atoms with E-state index in [1.807, 2.05) is 20.8 Å². The number of hydrogen-bond donors (Lipinski definition) is 2. The van der Waals surface area contributed by atoms with Crippen LogP contribution < -0.4 is 5.32 Å². The van der Waals surface area contributed by atoms with Gasteiger partial charge in [-0.2, -0.15) is 0 Å². The van der Waals surface area contributed by atoms with Crippen LogP contribution in [0.1, 0.15) is 40.5 Å². The molecule has 0 radical (unpaired) electrons. The maximum atomic E-state index is 12.5. The molecule has 0 aromatic heterocycles. The number of hydrogen-bond acceptors (Lipinski definition) is 3. The summed E-state index contributed by atoms with van der Waals surface area (Å²) in [7, 11) is 2.05. The number of amides is 2. The highest BCUT2D eigenvalue weighted by Crippen LogP contribution is 2.20. The zero-order valence-corrected chi connectivity index (χ0v) is 13.8. The zero-order chi connectivity index (χ0) is 16.2. The van der Waals surface area contributed by atoms with Gasteiger partial charge in [-0.25, -0.2) is 9.59 Å². The molecule has 2 amide bonds. The molecule has 0 aromatic rings. The first kappa shape index (κ1) is 17.8. The lowest BCUT2D eigenvalue weighted by molar-refractivity contribution is -0.142. The number of aliphatic carboxylic acids is 1. The molecule has 0 saturated carbocycles. The number of urea groups is 1. The Bertz CT molecular complexity index is 379. The third kappa shape index (κ3) is 4.88. The zero-order valence-electron chi connectivity index (χ0n) is 13.8. The van der Waals surface area contributed by atoms with E-state index in [4.69, 9.17) is 0 Å². The Labute approximate surface area is 127 Å². The smallest absolute Gasteiger partial charge is 0.326 e. The van der Waals surface area contributed by atoms with E-state index in [-0.39, 0.29) is 12.1 Å². The first-order valence-corrected chi connectivity index (χ1v) is 7.65. The topological polar surface area (TPSA) is 72.9 Å². The van der Waals surface area contributed by atoms with Gasteiger partial charge in [0.25, 0.3) is 0 Å². The highest BCUT2D eigenvalue weighted by molar-refractivity contribution is 5.83. The van der Waals surface area contributed by atoms with Gasteiger partial charge >= 0.3 is 12.0 Å². The van der Waals surface area contributed by atoms with Gasteiger partial charge in [0.05, 0.1) is 0 Å². The molecule has 2 atom stereocenters. The minimum Gasteiger partial charge on any atom is -0.480 e. The van der Waals surface area contributed by atoms with Gasteiger partial charge in [0.2, 0.25) is 0 Å². The fourth-order valence-corrected chi connectivity index (χ4v) is 2.72. The van der Waals surface area contributed by atoms with Gasteiger partial charge in [-0.05, 0) is 31.8 Å². The van der Waals surface area contributed by atoms with E-state index in [2.05, 4.69) is 24.2 Å². The molecule has 1 fully saturated rings. The van der Waals surface area contributed by atoms with E-state index < -0.39 is 17.4 Å². The highest BCUT2D eigenvalue weighted by atomic mass is 16.4. The summed E-state index contributed by atoms with van der Waals surface area (Å²) in [5.74, 6) is -0.990. The first-order chi connectivity index (χ1) is 9.66. The van der Waals surface area contributed by atoms with Crippen LogP contribution in [0.2, 0.25) is 0 Å². The fraction of sp³-hybridized carbons (Fsp3) is 0.867. The fourth-order valence-electron chi connectivity index (χ4n) is 2.72. The molecule has 0 aliphatic carbocycles. The van der Waals surface area contributed by atoms with Crippen LogP contribution in [0.3, 0.4) is 0 Å². The third-order valence-electron chi connectivity index (χ3n) is 4.01. The lowest BCUT2D eigenvalue weighted by Gasteiger charge is -2.34. The Hall–Kier alpha value is -1.30. The highest BCUT2D eigenvalue weighted by Gasteiger charge is 2.35. The van der Waals surface area contributed by atoms with Gasteiger partial charge in [0.1, 0.15) is 6.04 Å². The molecule has 1 aliphatic heterocycles. The van der Waals surface area contributed by atoms with Crippen molar-refractivity contribution in [3.8, 4) is 0 Å². The Morgan fingerprint density at radius 1 is 1.33 bits per heavy atom. The number of nitrogens with one attached hydrogen (secondary N) is 1. The van der Waals surface area contributed by atoms with Crippen molar-refractivity contribution in [1.29, 1.82) is 0 Å². The molecule has 1 unspecified atom stereocenters. The first-order valence-electron chi connectivity index (χ1n) is 7.65. The van der Waals surface area contributed by atoms with Crippen LogP contribution in [0.15, 0.2) is 0 Å². The van der Waals surface area contributed by atoms with Crippen LogP contribution in [0.5, 0.6) is 0 Å². The van der Waals surface area contributed by atoms with Gasteiger partial charge in [-0.3, -0.25) is 0 Å². The van der Waals surface area contributed by atoms with E-state index in [9.17, 15) is 14.7 Å². The van der Waals surface area contributed by atoms with Crippen molar-refractivity contribution in [2.24, 2.45) is 5.41 Å². The second-order valence-electron chi connectivity index (χ2n) is 6.96. The summed E-state index contributed by atoms with van der Waals surface area (Å²) >= 11 is 0. The lowest BCUT2D eigenvalue weighted by atomic mass is 9.87. The van der Waals surface area contributed by atoms with Crippen molar-refractivity contribution < 1.29 is 14.7 Å². The van der Waals surface area contributed by atoms with Crippen LogP contribution in [0, 0.1) is 5.41 Å². The number of rotatable bonds is 3. The summed E-state index contributed by atoms with van der Waals surface area (Å²) in [5, 5.41) is 12.0. The standard InChI is InChI=1S/C15H29N3O3/c1-6-11-10-17(5)8-7-9-18(11)14(21)16-12(13(19)20)15(2,3)4/h11-12H,6-10H2,1-5H3,(H,16,21)(H,19,20)/t11?,12-/m1/s1. The quantitative estimate of drug-likeness (QED) is 0.830. The molecule has 6 nitrogen and oxygen atoms in total. The van der Waals surface area contributed by atoms with Crippen molar-refractivity contribution in [3.63, 3.8) is 0 Å². The molecule has 1 aliphatic rings. The number of carbonyl (C=O) groups excluding carboxylic acids is 1. The monoisotopic (exact) mass is 299 g/mol. The molecule has 0 aromatic carbocycles. The van der Waals surface area contributed by atoms with Gasteiger partial charge < -0.3 is 20.2 Å². The lowest BCUT2D eigenvalue weighted by Crippen LogP contribution is -2.56. The second kappa shape index (κ2) is 7.11. The van der Waals surface area contributed by atoms with Gasteiger partial charge in [0, 0.05) is 19.1 Å². The summed E-state index contributed by atoms with van der Waals surface area (Å²) in [4.78, 5) is 27.9. The van der Waals surface area contributed by atoms with Gasteiger partial charge in [-0.15, -0.1) is 0 Å². The second-order valence-corrected chi connectivity index (χ2v) is 6.96. The maximum absolute atomic E-state index is 12.5. The van der Waals surface area contributed by atoms with Crippen LogP contribution in [0.25, 0.3) is 0 Å². The number of carboxylic acid groups (broad SMARTS) is 1. The minimum atomic E-state index is -0.990. The summed E-state index contributed by atoms with van der Waals surface area (Å²) in [6, 6.07) is -1.02. The number of carboxylic acids is 1. The molecule has 0 bridgehead atoms. The minimum absolute atomic E-state index is 0.131. The molecule has 1 heterocycles. The summed E-state index contributed by atoms with van der Waals surface area (Å²) in [5.41, 5.74) is -0.522. The van der Waals surface area contributed by atoms with Crippen LogP contribution >= 0.6 is 0 Å². The predicted molar refractivity (Wildman–Crippen MR) is 82.3 cm³/mol. The van der Waals surface area contributed by atoms with Crippen molar-refractivity contribution in [2.75, 3.05) is 26.7 Å². The third-order valence-corrected chi connectivity index (χ3v) is 4.01. The number of likely N-dealkylation sites (N-methyl/N-ethyl adjacent to an activating group) is 1. The number of carbonyl (C=O) groups is 2. The molecule has 6 heteroatoms. The van der Waals surface area contributed by atoms with Gasteiger partial charge in [0.15, 0.2) is 0 Å². The summed E-state index contributed by atoms with van der Waals surface area (Å²) in [6.07, 6.45) is 1.78. The average Bonchev–Trinajstić information content (AvgIpc) is 2.55. The van der Waals surface area contributed by atoms with Crippen molar-refractivity contribution in [3.05, 3.63) is 0 Å². The van der Waals surface area contributed by atoms with E-state index in [0.29, 0.717) is 6.54 Å². The predicted octanol–water partition coefficient (Wildman–Crippen LogP) is 1.61. The molecule has 1 saturated heterocycles. The Balaban J connectivity index is 2.82. The summed E-state index contributed by atoms with van der Waals surface area (Å²) < 4.78 is 0. The normalized spacial score (nSPS) is 22.5. The van der Waals surface area contributed by atoms with Crippen molar-refractivity contribution in [2.45, 2.75) is 52.6 Å². The van der Waals surface area contributed by atoms with Crippen LogP contribution in [-0.2, 0) is 4.79 Å². The molecule has 2 N–H and O–H groups in total. The average molecular weight is 299 g/mol. The van der Waals surface area contributed by atoms with E-state index in [1.165, 1.54) is 0 Å². The SMILES string of the molecule is CCC1CN(C)CCCN1C(=O)N[C@H](C(=O)O)C(C)(C)C. The largest absolute Gasteiger partial charge is 0.480 e. The van der Waals surface area contributed by atoms with E-state index >= 15 is 0 Å². The molecular weight excluding hydrogens is 270 g/mol. The van der Waals surface area contributed by atoms with Crippen molar-refractivity contribution in [1.82, 2.24) is 15.1 Å². The molecule has 122 valence electrons. The molecular formula is C15H29N3O3. The van der Waals surface area contributed by atoms with Crippen LogP contribution in [0.4, 0.5) is 4.79 Å².